The Morgan fingerprint density at radius 3 is 2.46 bits per heavy atom. The molecule has 0 fully saturated rings. The van der Waals surface area contributed by atoms with E-state index in [0.29, 0.717) is 0 Å². The summed E-state index contributed by atoms with van der Waals surface area (Å²) in [5.41, 5.74) is 4.92. The molecule has 0 spiro atoms. The minimum Gasteiger partial charge on any atom is -0.488 e. The van der Waals surface area contributed by atoms with Gasteiger partial charge in [0.1, 0.15) is 6.61 Å². The first-order chi connectivity index (χ1) is 13.2. The van der Waals surface area contributed by atoms with Gasteiger partial charge in [0.15, 0.2) is 11.6 Å². The number of rotatable bonds is 8. The van der Waals surface area contributed by atoms with E-state index >= 15 is 0 Å². The van der Waals surface area contributed by atoms with Gasteiger partial charge in [0.2, 0.25) is 5.91 Å². The Kier molecular flexibility index (Phi) is 7.39. The summed E-state index contributed by atoms with van der Waals surface area (Å²) in [6.07, 6.45) is 0.0374. The zero-order chi connectivity index (χ0) is 20.7. The van der Waals surface area contributed by atoms with E-state index in [-0.39, 0.29) is 36.1 Å². The lowest BCUT2D eigenvalue weighted by Gasteiger charge is -2.32. The Hall–Kier alpha value is -2.61. The van der Waals surface area contributed by atoms with Crippen LogP contribution >= 0.6 is 11.3 Å². The van der Waals surface area contributed by atoms with Crippen LogP contribution in [-0.4, -0.2) is 24.6 Å². The molecule has 1 aromatic heterocycles. The van der Waals surface area contributed by atoms with E-state index in [1.54, 1.807) is 18.2 Å². The highest BCUT2D eigenvalue weighted by molar-refractivity contribution is 7.10. The van der Waals surface area contributed by atoms with Crippen molar-refractivity contribution < 1.29 is 18.7 Å². The number of primary amides is 1. The van der Waals surface area contributed by atoms with E-state index in [1.807, 2.05) is 38.3 Å². The molecule has 1 aromatic carbocycles. The molecule has 6 nitrogen and oxygen atoms in total. The number of carbonyl (C=O) groups excluding carboxylic acids is 2. The third-order valence-electron chi connectivity index (χ3n) is 4.22. The van der Waals surface area contributed by atoms with Crippen LogP contribution in [0.25, 0.3) is 0 Å². The Bertz CT molecular complexity index is 790. The molecular weight excluding hydrogens is 381 g/mol. The van der Waals surface area contributed by atoms with Crippen molar-refractivity contribution in [1.29, 1.82) is 0 Å². The fraction of sp³-hybridized carbons (Fsp3) is 0.400. The maximum atomic E-state index is 13.8. The van der Waals surface area contributed by atoms with Crippen LogP contribution in [0.2, 0.25) is 0 Å². The number of carbonyl (C=O) groups is 2. The van der Waals surface area contributed by atoms with E-state index in [1.165, 1.54) is 17.4 Å². The SMILES string of the molecule is CC(C)(C)C(COc1ccccc1F)NC(=O)CC(NC(N)=O)c1cccs1. The van der Waals surface area contributed by atoms with Gasteiger partial charge in [-0.05, 0) is 29.0 Å². The van der Waals surface area contributed by atoms with Gasteiger partial charge < -0.3 is 21.1 Å². The molecule has 0 saturated carbocycles. The zero-order valence-corrected chi connectivity index (χ0v) is 17.0. The van der Waals surface area contributed by atoms with Crippen molar-refractivity contribution in [2.75, 3.05) is 6.61 Å². The van der Waals surface area contributed by atoms with Crippen molar-refractivity contribution in [1.82, 2.24) is 10.6 Å². The number of hydrogen-bond acceptors (Lipinski definition) is 4. The number of para-hydroxylation sites is 1. The molecule has 152 valence electrons. The predicted molar refractivity (Wildman–Crippen MR) is 108 cm³/mol. The monoisotopic (exact) mass is 407 g/mol. The first kappa shape index (κ1) is 21.7. The molecule has 2 atom stereocenters. The summed E-state index contributed by atoms with van der Waals surface area (Å²) < 4.78 is 19.4. The number of amides is 3. The van der Waals surface area contributed by atoms with Crippen molar-refractivity contribution >= 4 is 23.3 Å². The fourth-order valence-corrected chi connectivity index (χ4v) is 3.34. The van der Waals surface area contributed by atoms with Crippen LogP contribution in [0, 0.1) is 11.2 Å². The number of thiophene rings is 1. The van der Waals surface area contributed by atoms with Crippen LogP contribution < -0.4 is 21.1 Å². The van der Waals surface area contributed by atoms with E-state index in [2.05, 4.69) is 10.6 Å². The molecule has 2 rings (SSSR count). The maximum absolute atomic E-state index is 13.8. The molecular formula is C20H26FN3O3S. The molecule has 1 heterocycles. The standard InChI is InChI=1S/C20H26FN3O3S/c1-20(2,3)17(12-27-15-8-5-4-7-13(15)21)24-18(25)11-14(23-19(22)26)16-9-6-10-28-16/h4-10,14,17H,11-12H2,1-3H3,(H,24,25)(H3,22,23,26). The van der Waals surface area contributed by atoms with Gasteiger partial charge in [0.05, 0.1) is 18.5 Å². The molecule has 28 heavy (non-hydrogen) atoms. The third-order valence-corrected chi connectivity index (χ3v) is 5.20. The number of benzene rings is 1. The molecule has 4 N–H and O–H groups in total. The summed E-state index contributed by atoms with van der Waals surface area (Å²) in [5, 5.41) is 7.40. The van der Waals surface area contributed by atoms with Crippen LogP contribution in [0.5, 0.6) is 5.75 Å². The van der Waals surface area contributed by atoms with Crippen LogP contribution in [0.3, 0.4) is 0 Å². The number of hydrogen-bond donors (Lipinski definition) is 3. The smallest absolute Gasteiger partial charge is 0.312 e. The largest absolute Gasteiger partial charge is 0.488 e. The van der Waals surface area contributed by atoms with Crippen molar-refractivity contribution in [3.05, 3.63) is 52.5 Å². The zero-order valence-electron chi connectivity index (χ0n) is 16.2. The number of ether oxygens (including phenoxy) is 1. The molecule has 0 radical (unpaired) electrons. The summed E-state index contributed by atoms with van der Waals surface area (Å²) in [6, 6.07) is 8.24. The number of halogens is 1. The predicted octanol–water partition coefficient (Wildman–Crippen LogP) is 3.60. The molecule has 0 aliphatic carbocycles. The Labute approximate surface area is 168 Å². The highest BCUT2D eigenvalue weighted by atomic mass is 32.1. The summed E-state index contributed by atoms with van der Waals surface area (Å²) in [4.78, 5) is 24.8. The second kappa shape index (κ2) is 9.54. The summed E-state index contributed by atoms with van der Waals surface area (Å²) in [7, 11) is 0. The Morgan fingerprint density at radius 2 is 1.89 bits per heavy atom. The lowest BCUT2D eigenvalue weighted by molar-refractivity contribution is -0.123. The van der Waals surface area contributed by atoms with Gasteiger partial charge in [-0.25, -0.2) is 9.18 Å². The lowest BCUT2D eigenvalue weighted by atomic mass is 9.87. The maximum Gasteiger partial charge on any atom is 0.312 e. The summed E-state index contributed by atoms with van der Waals surface area (Å²) in [6.45, 7) is 5.99. The van der Waals surface area contributed by atoms with E-state index in [4.69, 9.17) is 10.5 Å². The molecule has 0 aliphatic rings. The van der Waals surface area contributed by atoms with Crippen molar-refractivity contribution in [3.63, 3.8) is 0 Å². The number of nitrogens with two attached hydrogens (primary N) is 1. The van der Waals surface area contributed by atoms with Gasteiger partial charge in [-0.2, -0.15) is 0 Å². The third kappa shape index (κ3) is 6.53. The molecule has 3 amide bonds. The van der Waals surface area contributed by atoms with E-state index in [0.717, 1.165) is 4.88 Å². The second-order valence-electron chi connectivity index (χ2n) is 7.51. The van der Waals surface area contributed by atoms with Gasteiger partial charge >= 0.3 is 6.03 Å². The normalized spacial score (nSPS) is 13.4. The summed E-state index contributed by atoms with van der Waals surface area (Å²) in [5.74, 6) is -0.577. The number of urea groups is 1. The first-order valence-electron chi connectivity index (χ1n) is 8.93. The van der Waals surface area contributed by atoms with Crippen molar-refractivity contribution in [2.45, 2.75) is 39.3 Å². The van der Waals surface area contributed by atoms with E-state index < -0.39 is 17.9 Å². The first-order valence-corrected chi connectivity index (χ1v) is 9.81. The average Bonchev–Trinajstić information content (AvgIpc) is 3.12. The van der Waals surface area contributed by atoms with Gasteiger partial charge in [0.25, 0.3) is 0 Å². The van der Waals surface area contributed by atoms with Crippen LogP contribution in [0.15, 0.2) is 41.8 Å². The number of nitrogens with one attached hydrogen (secondary N) is 2. The quantitative estimate of drug-likeness (QED) is 0.624. The molecule has 2 unspecified atom stereocenters. The Morgan fingerprint density at radius 1 is 1.18 bits per heavy atom. The molecule has 0 saturated heterocycles. The van der Waals surface area contributed by atoms with Crippen LogP contribution in [0.4, 0.5) is 9.18 Å². The second-order valence-corrected chi connectivity index (χ2v) is 8.49. The van der Waals surface area contributed by atoms with Crippen molar-refractivity contribution in [3.8, 4) is 5.75 Å². The average molecular weight is 408 g/mol. The van der Waals surface area contributed by atoms with Gasteiger partial charge in [-0.1, -0.05) is 39.0 Å². The summed E-state index contributed by atoms with van der Waals surface area (Å²) >= 11 is 1.43. The molecule has 2 aromatic rings. The van der Waals surface area contributed by atoms with E-state index in [9.17, 15) is 14.0 Å². The van der Waals surface area contributed by atoms with Gasteiger partial charge in [-0.15, -0.1) is 11.3 Å². The highest BCUT2D eigenvalue weighted by Gasteiger charge is 2.29. The lowest BCUT2D eigenvalue weighted by Crippen LogP contribution is -2.48. The fourth-order valence-electron chi connectivity index (χ4n) is 2.57. The topological polar surface area (TPSA) is 93.4 Å². The molecule has 8 heteroatoms. The van der Waals surface area contributed by atoms with Crippen LogP contribution in [0.1, 0.15) is 38.1 Å². The van der Waals surface area contributed by atoms with Gasteiger partial charge in [-0.3, -0.25) is 4.79 Å². The molecule has 0 aliphatic heterocycles. The highest BCUT2D eigenvalue weighted by Crippen LogP contribution is 2.25. The Balaban J connectivity index is 2.03. The van der Waals surface area contributed by atoms with Crippen LogP contribution in [-0.2, 0) is 4.79 Å². The molecule has 0 bridgehead atoms. The minimum absolute atomic E-state index is 0.0374. The van der Waals surface area contributed by atoms with Crippen molar-refractivity contribution in [2.24, 2.45) is 11.1 Å². The minimum atomic E-state index is -0.693. The van der Waals surface area contributed by atoms with Gasteiger partial charge in [0, 0.05) is 4.88 Å².